The molecule has 0 spiro atoms. The number of nitrogens with one attached hydrogen (secondary N) is 2. The molecular formula is C60H70FN5O17. The molecule has 2 aromatic carbocycles. The highest BCUT2D eigenvalue weighted by Crippen LogP contribution is 2.50. The second-order valence-electron chi connectivity index (χ2n) is 22.8. The van der Waals surface area contributed by atoms with E-state index in [9.17, 15) is 54.0 Å². The number of allylic oxidation sites excluding steroid dienone is 4. The number of carbonyl (C=O) groups is 7. The van der Waals surface area contributed by atoms with Crippen LogP contribution in [0.2, 0.25) is 0 Å². The number of esters is 1. The number of likely N-dealkylation sites (tertiary alicyclic amines) is 1. The van der Waals surface area contributed by atoms with Crippen LogP contribution in [0.25, 0.3) is 10.9 Å². The van der Waals surface area contributed by atoms with Crippen LogP contribution in [0.4, 0.5) is 10.1 Å². The summed E-state index contributed by atoms with van der Waals surface area (Å²) in [6.45, 7) is 12.5. The van der Waals surface area contributed by atoms with Gasteiger partial charge in [0, 0.05) is 100 Å². The number of phenolic OH excluding ortho intramolecular Hbond substituents is 1. The van der Waals surface area contributed by atoms with Crippen LogP contribution in [0.15, 0.2) is 64.6 Å². The quantitative estimate of drug-likeness (QED) is 0.151. The van der Waals surface area contributed by atoms with E-state index in [1.54, 1.807) is 48.1 Å². The average Bonchev–Trinajstić information content (AvgIpc) is 3.92. The minimum Gasteiger partial charge on any atom is -0.507 e. The van der Waals surface area contributed by atoms with Crippen LogP contribution in [0, 0.1) is 42.3 Å². The molecule has 83 heavy (non-hydrogen) atoms. The van der Waals surface area contributed by atoms with Crippen molar-refractivity contribution >= 4 is 57.7 Å². The van der Waals surface area contributed by atoms with Crippen molar-refractivity contribution in [3.8, 4) is 17.2 Å². The minimum atomic E-state index is -2.19. The van der Waals surface area contributed by atoms with Gasteiger partial charge in [-0.2, -0.15) is 0 Å². The molecule has 10 rings (SSSR count). The molecule has 0 radical (unpaired) electrons. The normalized spacial score (nSPS) is 28.9. The number of carbonyl (C=O) groups excluding carboxylic acids is 6. The number of aliphatic hydroxyl groups excluding tert-OH is 2. The minimum absolute atomic E-state index is 0.000893. The van der Waals surface area contributed by atoms with Gasteiger partial charge in [-0.05, 0) is 51.7 Å². The number of aromatic hydroxyl groups is 1. The van der Waals surface area contributed by atoms with Crippen LogP contribution in [0.1, 0.15) is 127 Å². The maximum atomic E-state index is 16.0. The fraction of sp³-hybridized carbons (Fsp3) is 0.500. The molecule has 2 amide bonds. The van der Waals surface area contributed by atoms with Gasteiger partial charge in [-0.15, -0.1) is 0 Å². The van der Waals surface area contributed by atoms with Crippen LogP contribution in [0.3, 0.4) is 0 Å². The number of piperidine rings is 1. The lowest BCUT2D eigenvalue weighted by molar-refractivity contribution is -0.160. The zero-order valence-corrected chi connectivity index (χ0v) is 47.9. The number of nitrogens with zero attached hydrogens (tertiary/aromatic N) is 3. The molecular weight excluding hydrogens is 1080 g/mol. The van der Waals surface area contributed by atoms with Gasteiger partial charge in [0.05, 0.1) is 65.3 Å². The van der Waals surface area contributed by atoms with Crippen LogP contribution in [-0.4, -0.2) is 148 Å². The summed E-state index contributed by atoms with van der Waals surface area (Å²) < 4.78 is 47.1. The first-order valence-corrected chi connectivity index (χ1v) is 27.8. The number of Topliss-reactive ketones (excluding diaryl/α,β-unsaturated/α-hetero) is 3. The Morgan fingerprint density at radius 3 is 2.17 bits per heavy atom. The summed E-state index contributed by atoms with van der Waals surface area (Å²) in [6.07, 6.45) is 6.00. The van der Waals surface area contributed by atoms with Gasteiger partial charge in [0.2, 0.25) is 22.9 Å². The Bertz CT molecular complexity index is 3420. The van der Waals surface area contributed by atoms with Crippen LogP contribution in [-0.2, 0) is 28.6 Å². The van der Waals surface area contributed by atoms with Gasteiger partial charge in [0.1, 0.15) is 40.2 Å². The fourth-order valence-electron chi connectivity index (χ4n) is 12.1. The number of carboxylic acids is 1. The van der Waals surface area contributed by atoms with Crippen molar-refractivity contribution in [1.82, 2.24) is 20.1 Å². The molecule has 2 aliphatic carbocycles. The van der Waals surface area contributed by atoms with Crippen molar-refractivity contribution in [2.24, 2.45) is 29.6 Å². The number of aromatic carboxylic acids is 1. The number of benzene rings is 2. The van der Waals surface area contributed by atoms with Gasteiger partial charge < -0.3 is 69.1 Å². The van der Waals surface area contributed by atoms with Crippen molar-refractivity contribution in [1.29, 1.82) is 0 Å². The molecule has 5 bridgehead atoms. The Morgan fingerprint density at radius 2 is 1.55 bits per heavy atom. The lowest BCUT2D eigenvalue weighted by Crippen LogP contribution is -2.61. The summed E-state index contributed by atoms with van der Waals surface area (Å²) in [4.78, 5) is 114. The molecule has 9 atom stereocenters. The number of hydrogen-bond acceptors (Lipinski definition) is 18. The van der Waals surface area contributed by atoms with E-state index in [1.165, 1.54) is 66.3 Å². The monoisotopic (exact) mass is 1150 g/mol. The molecule has 1 aromatic heterocycles. The van der Waals surface area contributed by atoms with Crippen molar-refractivity contribution in [2.75, 3.05) is 45.3 Å². The van der Waals surface area contributed by atoms with Crippen molar-refractivity contribution in [3.05, 3.63) is 104 Å². The lowest BCUT2D eigenvalue weighted by atomic mass is 9.78. The lowest BCUT2D eigenvalue weighted by Gasteiger charge is -2.43. The Labute approximate surface area is 477 Å². The molecule has 7 aliphatic rings. The van der Waals surface area contributed by atoms with Gasteiger partial charge in [0.15, 0.2) is 11.6 Å². The van der Waals surface area contributed by atoms with Crippen LogP contribution < -0.4 is 30.4 Å². The van der Waals surface area contributed by atoms with E-state index in [4.69, 9.17) is 23.7 Å². The summed E-state index contributed by atoms with van der Waals surface area (Å²) in [5.41, 5.74) is -3.18. The average molecular weight is 1150 g/mol. The van der Waals surface area contributed by atoms with Gasteiger partial charge in [-0.1, -0.05) is 45.9 Å². The number of aromatic nitrogens is 1. The Morgan fingerprint density at radius 1 is 0.880 bits per heavy atom. The number of ketones is 3. The van der Waals surface area contributed by atoms with Crippen molar-refractivity contribution in [3.63, 3.8) is 0 Å². The molecule has 5 aliphatic heterocycles. The molecule has 3 fully saturated rings. The molecule has 22 nitrogen and oxygen atoms in total. The van der Waals surface area contributed by atoms with E-state index < -0.39 is 140 Å². The summed E-state index contributed by atoms with van der Waals surface area (Å²) in [5.74, 6) is -13.2. The second kappa shape index (κ2) is 23.0. The van der Waals surface area contributed by atoms with Crippen LogP contribution in [0.5, 0.6) is 17.2 Å². The zero-order valence-electron chi connectivity index (χ0n) is 47.9. The first-order valence-electron chi connectivity index (χ1n) is 27.8. The number of pyridine rings is 1. The first kappa shape index (κ1) is 59.7. The Kier molecular flexibility index (Phi) is 16.6. The molecule has 0 unspecified atom stereocenters. The molecule has 1 saturated carbocycles. The van der Waals surface area contributed by atoms with Crippen molar-refractivity contribution < 1.29 is 82.1 Å². The highest BCUT2D eigenvalue weighted by molar-refractivity contribution is 6.32. The van der Waals surface area contributed by atoms with E-state index in [2.05, 4.69) is 10.6 Å². The third-order valence-electron chi connectivity index (χ3n) is 17.2. The smallest absolute Gasteiger partial charge is 0.341 e. The molecule has 23 heteroatoms. The van der Waals surface area contributed by atoms with Crippen molar-refractivity contribution in [2.45, 2.75) is 123 Å². The maximum Gasteiger partial charge on any atom is 0.341 e. The number of ether oxygens (including phenoxy) is 5. The van der Waals surface area contributed by atoms with Gasteiger partial charge in [-0.3, -0.25) is 33.6 Å². The van der Waals surface area contributed by atoms with E-state index >= 15 is 9.18 Å². The van der Waals surface area contributed by atoms with E-state index in [-0.39, 0.29) is 101 Å². The van der Waals surface area contributed by atoms with Crippen LogP contribution >= 0.6 is 0 Å². The predicted molar refractivity (Wildman–Crippen MR) is 297 cm³/mol. The van der Waals surface area contributed by atoms with E-state index in [0.29, 0.717) is 0 Å². The SMILES string of the molecule is COc1c(N2CC(NC(=O)C3CCN(C4=C5NC(=O)/C(C)=C\C=C\[C@@H](C)[C@H](O)[C@@H](C)[C@H](O)[C@@H](C)[C@@H](OC(C)=O)[C@H](C)[C@@H](OC)/C=C/O[C@@]6(C)Oc7c(C)c(O)c(c(c7C6=O)C4=O)C5=O)CC3)C2)c(F)cc2c(=O)c(C(=O)O)cn(C3CC3)c12. The largest absolute Gasteiger partial charge is 0.507 e. The predicted octanol–water partition coefficient (Wildman–Crippen LogP) is 5.17. The van der Waals surface area contributed by atoms with E-state index in [0.717, 1.165) is 25.2 Å². The third-order valence-corrected chi connectivity index (χ3v) is 17.2. The number of carboxylic acid groups (broad SMARTS) is 1. The second-order valence-corrected chi connectivity index (χ2v) is 22.8. The Hall–Kier alpha value is -7.89. The molecule has 3 aromatic rings. The highest BCUT2D eigenvalue weighted by atomic mass is 19.1. The molecule has 444 valence electrons. The van der Waals surface area contributed by atoms with Gasteiger partial charge in [0.25, 0.3) is 11.7 Å². The number of amides is 2. The number of halogens is 1. The van der Waals surface area contributed by atoms with Gasteiger partial charge in [-0.25, -0.2) is 9.18 Å². The standard InChI is InChI=1S/C60H70FN5O17/c1-26-12-11-13-27(2)57(75)63-43-46(64-19-16-33(17-20-64)58(76)62-34-23-65(24-34)45-38(61)22-36-44(55(45)80-10)66(35-14-15-35)25-37(50(36)71)59(77)78)52(73)40-41(51(43)72)49(70)31(6)54-42(40)56(74)60(8,83-54)81-21-18-39(79-9)28(3)53(82-32(7)67)30(5)48(69)29(4)47(26)68/h11-13,18,21-22,25-26,28-30,33-35,39,47-48,53,68-70H,14-17,19-20,23-24H2,1-10H3,(H,62,76)(H,63,75)(H,77,78)/b12-11+,21-18+,27-13-/t26-,28-,29-,30-,39+,47+,48+,53+,60+/m1/s1. The number of fused-ring (bicyclic) bond motifs is 15. The number of rotatable bonds is 9. The number of hydrogen-bond donors (Lipinski definition) is 6. The maximum absolute atomic E-state index is 16.0. The number of methoxy groups -OCH3 is 2. The summed E-state index contributed by atoms with van der Waals surface area (Å²) in [7, 11) is 2.74. The van der Waals surface area contributed by atoms with Gasteiger partial charge >= 0.3 is 17.7 Å². The highest BCUT2D eigenvalue weighted by Gasteiger charge is 2.54. The zero-order chi connectivity index (χ0) is 60.4. The third kappa shape index (κ3) is 10.8. The van der Waals surface area contributed by atoms with E-state index in [1.807, 2.05) is 0 Å². The topological polar surface area (TPSA) is 299 Å². The molecule has 6 N–H and O–H groups in total. The fourth-order valence-corrected chi connectivity index (χ4v) is 12.1. The molecule has 2 saturated heterocycles. The Balaban J connectivity index is 0.997. The first-order chi connectivity index (χ1) is 39.2. The molecule has 6 heterocycles. The summed E-state index contributed by atoms with van der Waals surface area (Å²) in [5, 5.41) is 50.2. The number of phenols is 1. The summed E-state index contributed by atoms with van der Waals surface area (Å²) in [6, 6.07) is 0.475. The summed E-state index contributed by atoms with van der Waals surface area (Å²) >= 11 is 0. The number of aliphatic hydroxyl groups is 2. The number of anilines is 1.